The van der Waals surface area contributed by atoms with Crippen LogP contribution < -0.4 is 10.6 Å². The fraction of sp³-hybridized carbons (Fsp3) is 0.474. The second kappa shape index (κ2) is 7.44. The van der Waals surface area contributed by atoms with Gasteiger partial charge in [-0.25, -0.2) is 8.42 Å². The average Bonchev–Trinajstić information content (AvgIpc) is 2.63. The number of anilines is 1. The zero-order valence-corrected chi connectivity index (χ0v) is 16.4. The van der Waals surface area contributed by atoms with E-state index in [9.17, 15) is 18.0 Å². The Balaban J connectivity index is 1.81. The van der Waals surface area contributed by atoms with Crippen molar-refractivity contribution in [3.8, 4) is 0 Å². The molecule has 2 aliphatic rings. The van der Waals surface area contributed by atoms with E-state index in [2.05, 4.69) is 17.2 Å². The molecule has 0 spiro atoms. The summed E-state index contributed by atoms with van der Waals surface area (Å²) in [5.41, 5.74) is 1.52. The third-order valence-corrected chi connectivity index (χ3v) is 7.14. The highest BCUT2D eigenvalue weighted by Gasteiger charge is 2.38. The van der Waals surface area contributed by atoms with Crippen molar-refractivity contribution in [3.63, 3.8) is 0 Å². The summed E-state index contributed by atoms with van der Waals surface area (Å²) in [4.78, 5) is 23.4. The van der Waals surface area contributed by atoms with Crippen LogP contribution in [0.5, 0.6) is 0 Å². The fourth-order valence-electron chi connectivity index (χ4n) is 3.88. The number of fused-ring (bicyclic) bond motifs is 1. The summed E-state index contributed by atoms with van der Waals surface area (Å²) in [7, 11) is -3.64. The maximum atomic E-state index is 13.1. The van der Waals surface area contributed by atoms with Crippen LogP contribution in [0.1, 0.15) is 25.8 Å². The number of piperidine rings is 1. The number of nitrogens with zero attached hydrogens (tertiary/aromatic N) is 1. The first-order chi connectivity index (χ1) is 12.7. The molecule has 2 amide bonds. The van der Waals surface area contributed by atoms with Gasteiger partial charge in [0.15, 0.2) is 0 Å². The molecule has 0 aliphatic carbocycles. The van der Waals surface area contributed by atoms with E-state index >= 15 is 0 Å². The zero-order valence-electron chi connectivity index (χ0n) is 15.6. The van der Waals surface area contributed by atoms with Crippen molar-refractivity contribution in [2.24, 2.45) is 11.8 Å². The maximum Gasteiger partial charge on any atom is 0.243 e. The smallest absolute Gasteiger partial charge is 0.243 e. The number of carbonyl (C=O) groups excluding carboxylic acids is 2. The minimum Gasteiger partial charge on any atom is -0.349 e. The Morgan fingerprint density at radius 1 is 1.26 bits per heavy atom. The quantitative estimate of drug-likeness (QED) is 0.761. The van der Waals surface area contributed by atoms with Gasteiger partial charge in [-0.15, -0.1) is 0 Å². The normalized spacial score (nSPS) is 26.0. The molecule has 2 aliphatic heterocycles. The first-order valence-corrected chi connectivity index (χ1v) is 10.5. The van der Waals surface area contributed by atoms with Gasteiger partial charge in [-0.3, -0.25) is 9.59 Å². The summed E-state index contributed by atoms with van der Waals surface area (Å²) in [5.74, 6) is -0.343. The number of hydrogen-bond acceptors (Lipinski definition) is 4. The van der Waals surface area contributed by atoms with Gasteiger partial charge in [-0.05, 0) is 48.1 Å². The Morgan fingerprint density at radius 3 is 2.56 bits per heavy atom. The third-order valence-electron chi connectivity index (χ3n) is 5.31. The van der Waals surface area contributed by atoms with E-state index in [0.29, 0.717) is 31.6 Å². The fourth-order valence-corrected chi connectivity index (χ4v) is 5.57. The van der Waals surface area contributed by atoms with Crippen LogP contribution in [0.25, 0.3) is 0 Å². The van der Waals surface area contributed by atoms with Crippen molar-refractivity contribution >= 4 is 27.5 Å². The van der Waals surface area contributed by atoms with E-state index in [0.717, 1.165) is 5.56 Å². The van der Waals surface area contributed by atoms with Crippen molar-refractivity contribution < 1.29 is 18.0 Å². The summed E-state index contributed by atoms with van der Waals surface area (Å²) in [5, 5.41) is 5.67. The minimum absolute atomic E-state index is 0.0238. The van der Waals surface area contributed by atoms with E-state index in [1.54, 1.807) is 18.2 Å². The molecule has 2 unspecified atom stereocenters. The summed E-state index contributed by atoms with van der Waals surface area (Å²) < 4.78 is 27.8. The summed E-state index contributed by atoms with van der Waals surface area (Å²) in [6.45, 7) is 8.02. The SMILES string of the molecule is C=CC(=O)NC1C(C)CN(S(=O)(=O)c2ccc3c(c2)CCC(=O)N3)CC1C. The molecule has 1 saturated heterocycles. The Morgan fingerprint density at radius 2 is 1.93 bits per heavy atom. The van der Waals surface area contributed by atoms with E-state index < -0.39 is 10.0 Å². The van der Waals surface area contributed by atoms with Gasteiger partial charge in [-0.2, -0.15) is 4.31 Å². The lowest BCUT2D eigenvalue weighted by atomic mass is 9.87. The van der Waals surface area contributed by atoms with Gasteiger partial charge in [0, 0.05) is 31.2 Å². The first-order valence-electron chi connectivity index (χ1n) is 9.08. The molecule has 27 heavy (non-hydrogen) atoms. The number of nitrogens with one attached hydrogen (secondary N) is 2. The van der Waals surface area contributed by atoms with Crippen LogP contribution in [0.4, 0.5) is 5.69 Å². The van der Waals surface area contributed by atoms with Crippen LogP contribution in [-0.4, -0.2) is 43.7 Å². The van der Waals surface area contributed by atoms with Gasteiger partial charge in [0.1, 0.15) is 0 Å². The molecule has 8 heteroatoms. The van der Waals surface area contributed by atoms with Gasteiger partial charge in [-0.1, -0.05) is 20.4 Å². The van der Waals surface area contributed by atoms with Crippen LogP contribution in [0, 0.1) is 11.8 Å². The van der Waals surface area contributed by atoms with Crippen LogP contribution >= 0.6 is 0 Å². The maximum absolute atomic E-state index is 13.1. The van der Waals surface area contributed by atoms with E-state index in [1.807, 2.05) is 13.8 Å². The summed E-state index contributed by atoms with van der Waals surface area (Å²) in [6, 6.07) is 4.76. The lowest BCUT2D eigenvalue weighted by Gasteiger charge is -2.40. The highest BCUT2D eigenvalue weighted by atomic mass is 32.2. The monoisotopic (exact) mass is 391 g/mol. The van der Waals surface area contributed by atoms with E-state index in [-0.39, 0.29) is 34.6 Å². The molecular formula is C19H25N3O4S. The van der Waals surface area contributed by atoms with Crippen LogP contribution in [0.15, 0.2) is 35.7 Å². The van der Waals surface area contributed by atoms with Gasteiger partial charge in [0.25, 0.3) is 0 Å². The van der Waals surface area contributed by atoms with Crippen LogP contribution in [0.2, 0.25) is 0 Å². The summed E-state index contributed by atoms with van der Waals surface area (Å²) >= 11 is 0. The molecule has 0 bridgehead atoms. The number of sulfonamides is 1. The van der Waals surface area contributed by atoms with Gasteiger partial charge < -0.3 is 10.6 Å². The minimum atomic E-state index is -3.64. The predicted molar refractivity (Wildman–Crippen MR) is 103 cm³/mol. The molecule has 0 saturated carbocycles. The topological polar surface area (TPSA) is 95.6 Å². The lowest BCUT2D eigenvalue weighted by molar-refractivity contribution is -0.118. The number of aryl methyl sites for hydroxylation is 1. The zero-order chi connectivity index (χ0) is 19.8. The third kappa shape index (κ3) is 3.91. The highest BCUT2D eigenvalue weighted by Crippen LogP contribution is 2.30. The van der Waals surface area contributed by atoms with Crippen molar-refractivity contribution in [2.45, 2.75) is 37.6 Å². The Labute approximate surface area is 159 Å². The molecule has 2 heterocycles. The predicted octanol–water partition coefficient (Wildman–Crippen LogP) is 1.52. The highest BCUT2D eigenvalue weighted by molar-refractivity contribution is 7.89. The van der Waals surface area contributed by atoms with Crippen LogP contribution in [0.3, 0.4) is 0 Å². The first kappa shape index (κ1) is 19.6. The molecular weight excluding hydrogens is 366 g/mol. The number of benzene rings is 1. The molecule has 1 aromatic rings. The van der Waals surface area contributed by atoms with Gasteiger partial charge >= 0.3 is 0 Å². The average molecular weight is 391 g/mol. The van der Waals surface area contributed by atoms with Crippen molar-refractivity contribution in [1.29, 1.82) is 0 Å². The van der Waals surface area contributed by atoms with E-state index in [1.165, 1.54) is 10.4 Å². The lowest BCUT2D eigenvalue weighted by Crippen LogP contribution is -2.55. The number of amides is 2. The number of rotatable bonds is 4. The number of hydrogen-bond donors (Lipinski definition) is 2. The van der Waals surface area contributed by atoms with Crippen LogP contribution in [-0.2, 0) is 26.0 Å². The van der Waals surface area contributed by atoms with Crippen molar-refractivity contribution in [2.75, 3.05) is 18.4 Å². The molecule has 0 radical (unpaired) electrons. The second-order valence-corrected chi connectivity index (χ2v) is 9.32. The Kier molecular flexibility index (Phi) is 5.39. The molecule has 1 fully saturated rings. The number of carbonyl (C=O) groups is 2. The van der Waals surface area contributed by atoms with Crippen molar-refractivity contribution in [3.05, 3.63) is 36.4 Å². The summed E-state index contributed by atoms with van der Waals surface area (Å²) in [6.07, 6.45) is 2.13. The molecule has 1 aromatic carbocycles. The second-order valence-electron chi connectivity index (χ2n) is 7.38. The van der Waals surface area contributed by atoms with E-state index in [4.69, 9.17) is 0 Å². The van der Waals surface area contributed by atoms with Crippen molar-refractivity contribution in [1.82, 2.24) is 9.62 Å². The molecule has 2 atom stereocenters. The standard InChI is InChI=1S/C19H25N3O4S/c1-4-17(23)21-19-12(2)10-22(11-13(19)3)27(25,26)15-6-7-16-14(9-15)5-8-18(24)20-16/h4,6-7,9,12-13,19H,1,5,8,10-11H2,2-3H3,(H,20,24)(H,21,23). The Bertz CT molecular complexity index is 869. The Hall–Kier alpha value is -2.19. The molecule has 3 rings (SSSR count). The molecule has 2 N–H and O–H groups in total. The molecule has 7 nitrogen and oxygen atoms in total. The van der Waals surface area contributed by atoms with Gasteiger partial charge in [0.05, 0.1) is 4.90 Å². The van der Waals surface area contributed by atoms with Gasteiger partial charge in [0.2, 0.25) is 21.8 Å². The molecule has 146 valence electrons. The largest absolute Gasteiger partial charge is 0.349 e. The molecule has 0 aromatic heterocycles.